The fourth-order valence-electron chi connectivity index (χ4n) is 2.77. The number of nitrogens with two attached hydrogens (primary N) is 1. The molecule has 6 nitrogen and oxygen atoms in total. The van der Waals surface area contributed by atoms with Gasteiger partial charge in [0.25, 0.3) is 0 Å². The minimum absolute atomic E-state index is 0.104. The molecular weight excluding hydrogens is 240 g/mol. The summed E-state index contributed by atoms with van der Waals surface area (Å²) in [5.74, 6) is 1.08. The largest absolute Gasteiger partial charge is 0.384 e. The van der Waals surface area contributed by atoms with Gasteiger partial charge in [-0.1, -0.05) is 0 Å². The molecule has 19 heavy (non-hydrogen) atoms. The second kappa shape index (κ2) is 5.21. The smallest absolute Gasteiger partial charge is 0.137 e. The maximum atomic E-state index is 7.74. The van der Waals surface area contributed by atoms with Crippen molar-refractivity contribution in [3.05, 3.63) is 11.3 Å². The summed E-state index contributed by atoms with van der Waals surface area (Å²) in [5.41, 5.74) is 7.31. The molecule has 1 aromatic heterocycles. The first-order valence-electron chi connectivity index (χ1n) is 6.78. The van der Waals surface area contributed by atoms with Gasteiger partial charge in [-0.15, -0.1) is 0 Å². The predicted molar refractivity (Wildman–Crippen MR) is 77.9 cm³/mol. The molecule has 6 heteroatoms. The molecule has 1 saturated heterocycles. The molecule has 106 valence electrons. The molecule has 1 aliphatic heterocycles. The molecule has 1 aliphatic rings. The van der Waals surface area contributed by atoms with Gasteiger partial charge in [-0.3, -0.25) is 15.0 Å². The first kappa shape index (κ1) is 13.9. The predicted octanol–water partition coefficient (Wildman–Crippen LogP) is 0.543. The van der Waals surface area contributed by atoms with E-state index in [1.807, 2.05) is 18.7 Å². The van der Waals surface area contributed by atoms with Crippen molar-refractivity contribution >= 4 is 11.7 Å². The lowest BCUT2D eigenvalue weighted by Gasteiger charge is -2.38. The van der Waals surface area contributed by atoms with E-state index in [0.717, 1.165) is 43.3 Å². The average Bonchev–Trinajstić information content (AvgIpc) is 2.64. The van der Waals surface area contributed by atoms with Crippen molar-refractivity contribution in [1.82, 2.24) is 14.7 Å². The van der Waals surface area contributed by atoms with E-state index in [1.165, 1.54) is 0 Å². The Hall–Kier alpha value is -1.56. The third kappa shape index (κ3) is 2.58. The number of rotatable bonds is 3. The Morgan fingerprint density at radius 1 is 1.26 bits per heavy atom. The van der Waals surface area contributed by atoms with Gasteiger partial charge in [-0.05, 0) is 20.8 Å². The number of hydrogen-bond acceptors (Lipinski definition) is 4. The van der Waals surface area contributed by atoms with E-state index in [-0.39, 0.29) is 5.84 Å². The maximum absolute atomic E-state index is 7.74. The molecule has 1 aromatic rings. The Labute approximate surface area is 114 Å². The lowest BCUT2D eigenvalue weighted by atomic mass is 10.2. The summed E-state index contributed by atoms with van der Waals surface area (Å²) in [7, 11) is 1.92. The number of amidine groups is 1. The van der Waals surface area contributed by atoms with Crippen molar-refractivity contribution < 1.29 is 0 Å². The van der Waals surface area contributed by atoms with Crippen molar-refractivity contribution in [3.8, 4) is 0 Å². The van der Waals surface area contributed by atoms with Crippen molar-refractivity contribution in [3.63, 3.8) is 0 Å². The number of anilines is 1. The summed E-state index contributed by atoms with van der Waals surface area (Å²) in [6, 6.07) is 0.586. The number of piperazine rings is 1. The SMILES string of the molecule is Cc1nn(C)c(N2CCN(C(C)C)CC2)c1C(=N)N. The van der Waals surface area contributed by atoms with Crippen molar-refractivity contribution in [2.45, 2.75) is 26.8 Å². The molecule has 0 spiro atoms. The summed E-state index contributed by atoms with van der Waals surface area (Å²) in [6.07, 6.45) is 0. The van der Waals surface area contributed by atoms with Crippen LogP contribution in [-0.2, 0) is 7.05 Å². The summed E-state index contributed by atoms with van der Waals surface area (Å²) in [5, 5.41) is 12.1. The minimum Gasteiger partial charge on any atom is -0.384 e. The summed E-state index contributed by atoms with van der Waals surface area (Å²) < 4.78 is 1.84. The van der Waals surface area contributed by atoms with Crippen LogP contribution in [0, 0.1) is 12.3 Å². The van der Waals surface area contributed by atoms with E-state index in [0.29, 0.717) is 6.04 Å². The molecule has 0 bridgehead atoms. The second-order valence-corrected chi connectivity index (χ2v) is 5.44. The molecule has 0 saturated carbocycles. The Morgan fingerprint density at radius 3 is 2.32 bits per heavy atom. The topological polar surface area (TPSA) is 74.2 Å². The fraction of sp³-hybridized carbons (Fsp3) is 0.692. The Morgan fingerprint density at radius 2 is 1.84 bits per heavy atom. The van der Waals surface area contributed by atoms with Gasteiger partial charge in [0.05, 0.1) is 11.3 Å². The molecule has 2 rings (SSSR count). The summed E-state index contributed by atoms with van der Waals surface area (Å²) in [4.78, 5) is 4.75. The molecule has 0 aliphatic carbocycles. The van der Waals surface area contributed by atoms with Crippen LogP contribution in [0.15, 0.2) is 0 Å². The molecule has 0 radical (unpaired) electrons. The fourth-order valence-corrected chi connectivity index (χ4v) is 2.77. The first-order valence-corrected chi connectivity index (χ1v) is 6.78. The molecule has 0 atom stereocenters. The second-order valence-electron chi connectivity index (χ2n) is 5.44. The van der Waals surface area contributed by atoms with Gasteiger partial charge in [0.1, 0.15) is 11.7 Å². The van der Waals surface area contributed by atoms with E-state index < -0.39 is 0 Å². The van der Waals surface area contributed by atoms with Crippen LogP contribution >= 0.6 is 0 Å². The van der Waals surface area contributed by atoms with Crippen LogP contribution in [0.5, 0.6) is 0 Å². The van der Waals surface area contributed by atoms with E-state index in [9.17, 15) is 0 Å². The van der Waals surface area contributed by atoms with Crippen LogP contribution in [0.2, 0.25) is 0 Å². The van der Waals surface area contributed by atoms with Crippen molar-refractivity contribution in [1.29, 1.82) is 5.41 Å². The zero-order valence-electron chi connectivity index (χ0n) is 12.3. The Bertz CT molecular complexity index is 468. The minimum atomic E-state index is 0.104. The van der Waals surface area contributed by atoms with Crippen LogP contribution in [0.4, 0.5) is 5.82 Å². The number of nitrogen functional groups attached to an aromatic ring is 1. The average molecular weight is 264 g/mol. The number of nitrogens with zero attached hydrogens (tertiary/aromatic N) is 4. The van der Waals surface area contributed by atoms with Crippen LogP contribution < -0.4 is 10.6 Å². The van der Waals surface area contributed by atoms with Gasteiger partial charge in [0.15, 0.2) is 0 Å². The van der Waals surface area contributed by atoms with Gasteiger partial charge in [-0.2, -0.15) is 5.10 Å². The van der Waals surface area contributed by atoms with Gasteiger partial charge in [-0.25, -0.2) is 0 Å². The number of aryl methyl sites for hydroxylation is 2. The number of aromatic nitrogens is 2. The number of nitrogens with one attached hydrogen (secondary N) is 1. The van der Waals surface area contributed by atoms with E-state index >= 15 is 0 Å². The normalized spacial score (nSPS) is 17.2. The standard InChI is InChI=1S/C13H24N6/c1-9(2)18-5-7-19(8-6-18)13-11(12(14)15)10(3)16-17(13)4/h9H,5-8H2,1-4H3,(H3,14,15). The number of hydrogen-bond donors (Lipinski definition) is 2. The molecule has 2 heterocycles. The molecule has 0 amide bonds. The van der Waals surface area contributed by atoms with Crippen molar-refractivity contribution in [2.24, 2.45) is 12.8 Å². The third-order valence-electron chi connectivity index (χ3n) is 3.81. The summed E-state index contributed by atoms with van der Waals surface area (Å²) >= 11 is 0. The lowest BCUT2D eigenvalue weighted by molar-refractivity contribution is 0.208. The van der Waals surface area contributed by atoms with Gasteiger partial charge < -0.3 is 10.6 Å². The van der Waals surface area contributed by atoms with Crippen LogP contribution in [-0.4, -0.2) is 52.7 Å². The Kier molecular flexibility index (Phi) is 3.80. The van der Waals surface area contributed by atoms with Crippen LogP contribution in [0.1, 0.15) is 25.1 Å². The molecule has 3 N–H and O–H groups in total. The monoisotopic (exact) mass is 264 g/mol. The van der Waals surface area contributed by atoms with E-state index in [4.69, 9.17) is 11.1 Å². The highest BCUT2D eigenvalue weighted by atomic mass is 15.4. The third-order valence-corrected chi connectivity index (χ3v) is 3.81. The maximum Gasteiger partial charge on any atom is 0.137 e. The zero-order valence-corrected chi connectivity index (χ0v) is 12.3. The van der Waals surface area contributed by atoms with Gasteiger partial charge >= 0.3 is 0 Å². The van der Waals surface area contributed by atoms with E-state index in [2.05, 4.69) is 28.7 Å². The van der Waals surface area contributed by atoms with Gasteiger partial charge in [0.2, 0.25) is 0 Å². The quantitative estimate of drug-likeness (QED) is 0.617. The Balaban J connectivity index is 2.22. The zero-order chi connectivity index (χ0) is 14.2. The molecule has 0 aromatic carbocycles. The molecule has 1 fully saturated rings. The van der Waals surface area contributed by atoms with E-state index in [1.54, 1.807) is 0 Å². The molecule has 0 unspecified atom stereocenters. The highest BCUT2D eigenvalue weighted by Gasteiger charge is 2.25. The first-order chi connectivity index (χ1) is 8.91. The highest BCUT2D eigenvalue weighted by Crippen LogP contribution is 2.24. The van der Waals surface area contributed by atoms with Gasteiger partial charge in [0, 0.05) is 39.3 Å². The summed E-state index contributed by atoms with van der Waals surface area (Å²) in [6.45, 7) is 10.4. The van der Waals surface area contributed by atoms with Crippen molar-refractivity contribution in [2.75, 3.05) is 31.1 Å². The lowest BCUT2D eigenvalue weighted by Crippen LogP contribution is -2.49. The molecular formula is C13H24N6. The highest BCUT2D eigenvalue weighted by molar-refractivity contribution is 6.00. The van der Waals surface area contributed by atoms with Crippen LogP contribution in [0.3, 0.4) is 0 Å². The van der Waals surface area contributed by atoms with Crippen LogP contribution in [0.25, 0.3) is 0 Å².